The molecule has 0 saturated carbocycles. The molecule has 2 rings (SSSR count). The van der Waals surface area contributed by atoms with Gasteiger partial charge in [0.1, 0.15) is 5.75 Å². The van der Waals surface area contributed by atoms with Gasteiger partial charge < -0.3 is 14.6 Å². The molecule has 1 aliphatic rings. The zero-order valence-electron chi connectivity index (χ0n) is 11.0. The minimum absolute atomic E-state index is 0.392. The maximum Gasteiger partial charge on any atom is 0.119 e. The van der Waals surface area contributed by atoms with Crippen LogP contribution in [0.25, 0.3) is 0 Å². The van der Waals surface area contributed by atoms with Gasteiger partial charge in [0.25, 0.3) is 0 Å². The third kappa shape index (κ3) is 3.72. The SMILES string of the molecule is CCC(O)c1cccc(OCC2CCOCC2)c1. The standard InChI is InChI=1S/C15H22O3/c1-2-15(16)13-4-3-5-14(10-13)18-11-12-6-8-17-9-7-12/h3-5,10,12,15-16H,2,6-9,11H2,1H3. The molecule has 1 heterocycles. The first-order valence-electron chi connectivity index (χ1n) is 6.78. The van der Waals surface area contributed by atoms with Gasteiger partial charge >= 0.3 is 0 Å². The summed E-state index contributed by atoms with van der Waals surface area (Å²) in [5.74, 6) is 1.45. The van der Waals surface area contributed by atoms with E-state index in [4.69, 9.17) is 9.47 Å². The Hall–Kier alpha value is -1.06. The molecule has 3 nitrogen and oxygen atoms in total. The monoisotopic (exact) mass is 250 g/mol. The quantitative estimate of drug-likeness (QED) is 0.873. The van der Waals surface area contributed by atoms with Crippen molar-refractivity contribution in [2.75, 3.05) is 19.8 Å². The summed E-state index contributed by atoms with van der Waals surface area (Å²) in [6.07, 6.45) is 2.49. The topological polar surface area (TPSA) is 38.7 Å². The summed E-state index contributed by atoms with van der Waals surface area (Å²) in [6, 6.07) is 7.77. The minimum Gasteiger partial charge on any atom is -0.493 e. The lowest BCUT2D eigenvalue weighted by atomic mass is 10.0. The molecule has 0 amide bonds. The van der Waals surface area contributed by atoms with E-state index in [1.807, 2.05) is 31.2 Å². The highest BCUT2D eigenvalue weighted by Crippen LogP contribution is 2.23. The first-order valence-corrected chi connectivity index (χ1v) is 6.78. The normalized spacial score (nSPS) is 18.6. The molecule has 1 atom stereocenters. The molecule has 0 aliphatic carbocycles. The van der Waals surface area contributed by atoms with Gasteiger partial charge in [0, 0.05) is 13.2 Å². The van der Waals surface area contributed by atoms with Crippen LogP contribution in [-0.2, 0) is 4.74 Å². The van der Waals surface area contributed by atoms with E-state index in [2.05, 4.69) is 0 Å². The van der Waals surface area contributed by atoms with Crippen LogP contribution in [0.5, 0.6) is 5.75 Å². The van der Waals surface area contributed by atoms with Gasteiger partial charge in [-0.3, -0.25) is 0 Å². The van der Waals surface area contributed by atoms with Gasteiger partial charge in [-0.1, -0.05) is 19.1 Å². The third-order valence-corrected chi connectivity index (χ3v) is 3.46. The largest absolute Gasteiger partial charge is 0.493 e. The van der Waals surface area contributed by atoms with Crippen molar-refractivity contribution in [1.82, 2.24) is 0 Å². The molecule has 0 spiro atoms. The van der Waals surface area contributed by atoms with E-state index in [-0.39, 0.29) is 0 Å². The van der Waals surface area contributed by atoms with Crippen LogP contribution in [0.2, 0.25) is 0 Å². The van der Waals surface area contributed by atoms with Gasteiger partial charge in [-0.15, -0.1) is 0 Å². The fourth-order valence-electron chi connectivity index (χ4n) is 2.17. The maximum absolute atomic E-state index is 9.80. The molecular formula is C15H22O3. The van der Waals surface area contributed by atoms with Crippen LogP contribution in [0.4, 0.5) is 0 Å². The van der Waals surface area contributed by atoms with Gasteiger partial charge in [-0.25, -0.2) is 0 Å². The molecule has 1 unspecified atom stereocenters. The van der Waals surface area contributed by atoms with Crippen molar-refractivity contribution in [2.45, 2.75) is 32.3 Å². The summed E-state index contributed by atoms with van der Waals surface area (Å²) in [4.78, 5) is 0. The van der Waals surface area contributed by atoms with Gasteiger partial charge in [-0.2, -0.15) is 0 Å². The zero-order valence-corrected chi connectivity index (χ0v) is 11.0. The Kier molecular flexibility index (Phi) is 5.02. The third-order valence-electron chi connectivity index (χ3n) is 3.46. The van der Waals surface area contributed by atoms with Crippen molar-refractivity contribution in [3.05, 3.63) is 29.8 Å². The summed E-state index contributed by atoms with van der Waals surface area (Å²) < 4.78 is 11.1. The van der Waals surface area contributed by atoms with Crippen molar-refractivity contribution in [1.29, 1.82) is 0 Å². The molecule has 0 bridgehead atoms. The van der Waals surface area contributed by atoms with E-state index in [9.17, 15) is 5.11 Å². The zero-order chi connectivity index (χ0) is 12.8. The Morgan fingerprint density at radius 3 is 2.89 bits per heavy atom. The number of ether oxygens (including phenoxy) is 2. The smallest absolute Gasteiger partial charge is 0.119 e. The lowest BCUT2D eigenvalue weighted by Crippen LogP contribution is -2.21. The first-order chi connectivity index (χ1) is 8.79. The highest BCUT2D eigenvalue weighted by molar-refractivity contribution is 5.29. The number of hydrogen-bond donors (Lipinski definition) is 1. The van der Waals surface area contributed by atoms with Crippen LogP contribution in [0, 0.1) is 5.92 Å². The van der Waals surface area contributed by atoms with Crippen molar-refractivity contribution in [2.24, 2.45) is 5.92 Å². The number of aliphatic hydroxyl groups excluding tert-OH is 1. The molecule has 1 aromatic rings. The second-order valence-corrected chi connectivity index (χ2v) is 4.86. The highest BCUT2D eigenvalue weighted by atomic mass is 16.5. The predicted molar refractivity (Wildman–Crippen MR) is 70.7 cm³/mol. The lowest BCUT2D eigenvalue weighted by Gasteiger charge is -2.22. The molecule has 1 fully saturated rings. The summed E-state index contributed by atoms with van der Waals surface area (Å²) >= 11 is 0. The molecule has 100 valence electrons. The Morgan fingerprint density at radius 2 is 2.17 bits per heavy atom. The van der Waals surface area contributed by atoms with Crippen molar-refractivity contribution < 1.29 is 14.6 Å². The molecule has 1 aliphatic heterocycles. The molecule has 1 N–H and O–H groups in total. The van der Waals surface area contributed by atoms with Crippen LogP contribution in [0.15, 0.2) is 24.3 Å². The average molecular weight is 250 g/mol. The van der Waals surface area contributed by atoms with E-state index in [1.165, 1.54) is 0 Å². The van der Waals surface area contributed by atoms with Gasteiger partial charge in [0.15, 0.2) is 0 Å². The fraction of sp³-hybridized carbons (Fsp3) is 0.600. The maximum atomic E-state index is 9.80. The summed E-state index contributed by atoms with van der Waals surface area (Å²) in [5, 5.41) is 9.80. The fourth-order valence-corrected chi connectivity index (χ4v) is 2.17. The van der Waals surface area contributed by atoms with E-state index in [0.29, 0.717) is 5.92 Å². The van der Waals surface area contributed by atoms with E-state index >= 15 is 0 Å². The lowest BCUT2D eigenvalue weighted by molar-refractivity contribution is 0.0497. The molecule has 0 radical (unpaired) electrons. The van der Waals surface area contributed by atoms with Crippen LogP contribution in [0.1, 0.15) is 37.9 Å². The summed E-state index contributed by atoms with van der Waals surface area (Å²) in [6.45, 7) is 4.42. The molecule has 18 heavy (non-hydrogen) atoms. The van der Waals surface area contributed by atoms with E-state index < -0.39 is 6.10 Å². The van der Waals surface area contributed by atoms with Gasteiger partial charge in [0.05, 0.1) is 12.7 Å². The predicted octanol–water partition coefficient (Wildman–Crippen LogP) is 2.94. The second-order valence-electron chi connectivity index (χ2n) is 4.86. The average Bonchev–Trinajstić information content (AvgIpc) is 2.45. The second kappa shape index (κ2) is 6.76. The number of benzene rings is 1. The summed E-state index contributed by atoms with van der Waals surface area (Å²) in [7, 11) is 0. The molecule has 0 aromatic heterocycles. The van der Waals surface area contributed by atoms with Gasteiger partial charge in [-0.05, 0) is 42.9 Å². The van der Waals surface area contributed by atoms with E-state index in [0.717, 1.165) is 50.4 Å². The number of aliphatic hydroxyl groups is 1. The Morgan fingerprint density at radius 1 is 1.39 bits per heavy atom. The number of rotatable bonds is 5. The molecule has 1 aromatic carbocycles. The van der Waals surface area contributed by atoms with Crippen molar-refractivity contribution in [3.8, 4) is 5.75 Å². The van der Waals surface area contributed by atoms with Gasteiger partial charge in [0.2, 0.25) is 0 Å². The highest BCUT2D eigenvalue weighted by Gasteiger charge is 2.14. The Balaban J connectivity index is 1.88. The summed E-state index contributed by atoms with van der Waals surface area (Å²) in [5.41, 5.74) is 0.932. The van der Waals surface area contributed by atoms with Crippen molar-refractivity contribution >= 4 is 0 Å². The van der Waals surface area contributed by atoms with Crippen LogP contribution < -0.4 is 4.74 Å². The van der Waals surface area contributed by atoms with Crippen LogP contribution in [-0.4, -0.2) is 24.9 Å². The number of hydrogen-bond acceptors (Lipinski definition) is 3. The van der Waals surface area contributed by atoms with Crippen molar-refractivity contribution in [3.63, 3.8) is 0 Å². The molecule has 3 heteroatoms. The first kappa shape index (κ1) is 13.4. The van der Waals surface area contributed by atoms with Crippen LogP contribution in [0.3, 0.4) is 0 Å². The minimum atomic E-state index is -0.392. The van der Waals surface area contributed by atoms with Crippen LogP contribution >= 0.6 is 0 Å². The Labute approximate surface area is 109 Å². The molecular weight excluding hydrogens is 228 g/mol. The Bertz CT molecular complexity index is 359. The molecule has 1 saturated heterocycles. The van der Waals surface area contributed by atoms with E-state index in [1.54, 1.807) is 0 Å².